The highest BCUT2D eigenvalue weighted by Crippen LogP contribution is 2.05. The lowest BCUT2D eigenvalue weighted by atomic mass is 10.2. The molecule has 1 aromatic carbocycles. The summed E-state index contributed by atoms with van der Waals surface area (Å²) in [6.07, 6.45) is 0.442. The standard InChI is InChI=1S/C12H12FN3O2/c1-8-15-11(16-18-8)6-7-14-12(17)9-4-2-3-5-10(9)13/h2-5H,6-7H2,1H3,(H,14,17). The Morgan fingerprint density at radius 3 is 2.89 bits per heavy atom. The van der Waals surface area contributed by atoms with Crippen molar-refractivity contribution in [3.05, 3.63) is 47.4 Å². The maximum absolute atomic E-state index is 13.3. The second kappa shape index (κ2) is 5.39. The van der Waals surface area contributed by atoms with E-state index in [1.54, 1.807) is 13.0 Å². The molecule has 6 heteroatoms. The lowest BCUT2D eigenvalue weighted by molar-refractivity contribution is 0.0950. The topological polar surface area (TPSA) is 68.0 Å². The third-order valence-corrected chi connectivity index (χ3v) is 2.32. The third-order valence-electron chi connectivity index (χ3n) is 2.32. The van der Waals surface area contributed by atoms with E-state index in [0.29, 0.717) is 24.7 Å². The van der Waals surface area contributed by atoms with Gasteiger partial charge in [-0.2, -0.15) is 4.98 Å². The Bertz CT molecular complexity index is 554. The molecule has 0 bridgehead atoms. The Hall–Kier alpha value is -2.24. The second-order valence-corrected chi connectivity index (χ2v) is 3.72. The minimum absolute atomic E-state index is 0.0294. The van der Waals surface area contributed by atoms with Crippen LogP contribution in [-0.4, -0.2) is 22.6 Å². The van der Waals surface area contributed by atoms with Crippen molar-refractivity contribution < 1.29 is 13.7 Å². The number of hydrogen-bond acceptors (Lipinski definition) is 4. The summed E-state index contributed by atoms with van der Waals surface area (Å²) in [5.74, 6) is 0.00508. The number of rotatable bonds is 4. The van der Waals surface area contributed by atoms with Crippen molar-refractivity contribution in [2.45, 2.75) is 13.3 Å². The zero-order valence-electron chi connectivity index (χ0n) is 9.81. The highest BCUT2D eigenvalue weighted by Gasteiger charge is 2.10. The number of carbonyl (C=O) groups is 1. The minimum atomic E-state index is -0.537. The molecule has 2 aromatic rings. The van der Waals surface area contributed by atoms with Crippen molar-refractivity contribution in [1.82, 2.24) is 15.5 Å². The normalized spacial score (nSPS) is 10.3. The monoisotopic (exact) mass is 249 g/mol. The lowest BCUT2D eigenvalue weighted by Gasteiger charge is -2.04. The van der Waals surface area contributed by atoms with Gasteiger partial charge < -0.3 is 9.84 Å². The molecule has 1 heterocycles. The number of benzene rings is 1. The first-order valence-electron chi connectivity index (χ1n) is 5.49. The molecule has 0 aliphatic heterocycles. The van der Waals surface area contributed by atoms with E-state index >= 15 is 0 Å². The van der Waals surface area contributed by atoms with Crippen LogP contribution < -0.4 is 5.32 Å². The van der Waals surface area contributed by atoms with Crippen LogP contribution in [0.2, 0.25) is 0 Å². The van der Waals surface area contributed by atoms with Crippen LogP contribution in [0.3, 0.4) is 0 Å². The summed E-state index contributed by atoms with van der Waals surface area (Å²) in [5.41, 5.74) is 0.0294. The van der Waals surface area contributed by atoms with E-state index in [1.165, 1.54) is 18.2 Å². The summed E-state index contributed by atoms with van der Waals surface area (Å²) in [7, 11) is 0. The van der Waals surface area contributed by atoms with Crippen LogP contribution in [0.25, 0.3) is 0 Å². The molecular weight excluding hydrogens is 237 g/mol. The highest BCUT2D eigenvalue weighted by molar-refractivity contribution is 5.94. The Morgan fingerprint density at radius 1 is 1.44 bits per heavy atom. The van der Waals surface area contributed by atoms with Crippen LogP contribution in [0.15, 0.2) is 28.8 Å². The fourth-order valence-corrected chi connectivity index (χ4v) is 1.47. The number of hydrogen-bond donors (Lipinski definition) is 1. The van der Waals surface area contributed by atoms with E-state index < -0.39 is 11.7 Å². The number of carbonyl (C=O) groups excluding carboxylic acids is 1. The van der Waals surface area contributed by atoms with Crippen LogP contribution in [0.4, 0.5) is 4.39 Å². The molecule has 1 aromatic heterocycles. The molecule has 0 fully saturated rings. The van der Waals surface area contributed by atoms with Gasteiger partial charge in [0.1, 0.15) is 5.82 Å². The Balaban J connectivity index is 1.87. The van der Waals surface area contributed by atoms with Crippen LogP contribution in [0.5, 0.6) is 0 Å². The average Bonchev–Trinajstić information content (AvgIpc) is 2.75. The van der Waals surface area contributed by atoms with Crippen molar-refractivity contribution in [2.24, 2.45) is 0 Å². The van der Waals surface area contributed by atoms with Gasteiger partial charge in [0.25, 0.3) is 5.91 Å². The van der Waals surface area contributed by atoms with Gasteiger partial charge in [0, 0.05) is 19.9 Å². The molecule has 2 rings (SSSR count). The van der Waals surface area contributed by atoms with Gasteiger partial charge in [-0.1, -0.05) is 17.3 Å². The largest absolute Gasteiger partial charge is 0.351 e. The average molecular weight is 249 g/mol. The van der Waals surface area contributed by atoms with Gasteiger partial charge in [-0.25, -0.2) is 4.39 Å². The first-order chi connectivity index (χ1) is 8.66. The second-order valence-electron chi connectivity index (χ2n) is 3.72. The number of nitrogens with zero attached hydrogens (tertiary/aromatic N) is 2. The maximum atomic E-state index is 13.3. The SMILES string of the molecule is Cc1nc(CCNC(=O)c2ccccc2F)no1. The van der Waals surface area contributed by atoms with Gasteiger partial charge in [-0.3, -0.25) is 4.79 Å². The number of nitrogens with one attached hydrogen (secondary N) is 1. The summed E-state index contributed by atoms with van der Waals surface area (Å²) in [6, 6.07) is 5.83. The number of aryl methyl sites for hydroxylation is 1. The smallest absolute Gasteiger partial charge is 0.254 e. The van der Waals surface area contributed by atoms with Gasteiger partial charge in [0.05, 0.1) is 5.56 Å². The molecule has 5 nitrogen and oxygen atoms in total. The number of amides is 1. The van der Waals surface area contributed by atoms with Gasteiger partial charge >= 0.3 is 0 Å². The Morgan fingerprint density at radius 2 is 2.22 bits per heavy atom. The van der Waals surface area contributed by atoms with Crippen LogP contribution in [0.1, 0.15) is 22.1 Å². The summed E-state index contributed by atoms with van der Waals surface area (Å²) >= 11 is 0. The quantitative estimate of drug-likeness (QED) is 0.891. The molecule has 0 spiro atoms. The fraction of sp³-hybridized carbons (Fsp3) is 0.250. The van der Waals surface area contributed by atoms with Crippen molar-refractivity contribution in [3.63, 3.8) is 0 Å². The molecule has 0 saturated carbocycles. The highest BCUT2D eigenvalue weighted by atomic mass is 19.1. The van der Waals surface area contributed by atoms with Crippen molar-refractivity contribution in [2.75, 3.05) is 6.54 Å². The van der Waals surface area contributed by atoms with Gasteiger partial charge in [0.15, 0.2) is 5.82 Å². The van der Waals surface area contributed by atoms with Crippen molar-refractivity contribution in [1.29, 1.82) is 0 Å². The van der Waals surface area contributed by atoms with Gasteiger partial charge in [-0.15, -0.1) is 0 Å². The maximum Gasteiger partial charge on any atom is 0.254 e. The molecule has 0 unspecified atom stereocenters. The first-order valence-corrected chi connectivity index (χ1v) is 5.49. The van der Waals surface area contributed by atoms with E-state index in [2.05, 4.69) is 15.5 Å². The van der Waals surface area contributed by atoms with E-state index in [4.69, 9.17) is 4.52 Å². The molecule has 0 aliphatic rings. The zero-order valence-corrected chi connectivity index (χ0v) is 9.81. The summed E-state index contributed by atoms with van der Waals surface area (Å²) in [5, 5.41) is 6.29. The molecule has 0 atom stereocenters. The predicted molar refractivity (Wildman–Crippen MR) is 61.5 cm³/mol. The number of aromatic nitrogens is 2. The zero-order chi connectivity index (χ0) is 13.0. The molecule has 94 valence electrons. The third kappa shape index (κ3) is 2.91. The van der Waals surface area contributed by atoms with Crippen molar-refractivity contribution >= 4 is 5.91 Å². The Kier molecular flexibility index (Phi) is 3.66. The molecule has 1 amide bonds. The van der Waals surface area contributed by atoms with E-state index in [1.807, 2.05) is 0 Å². The summed E-state index contributed by atoms with van der Waals surface area (Å²) in [4.78, 5) is 15.6. The van der Waals surface area contributed by atoms with E-state index in [9.17, 15) is 9.18 Å². The van der Waals surface area contributed by atoms with E-state index in [-0.39, 0.29) is 5.56 Å². The van der Waals surface area contributed by atoms with Crippen LogP contribution in [-0.2, 0) is 6.42 Å². The van der Waals surface area contributed by atoms with E-state index in [0.717, 1.165) is 0 Å². The molecule has 1 N–H and O–H groups in total. The molecular formula is C12H12FN3O2. The molecule has 0 aliphatic carbocycles. The number of halogens is 1. The summed E-state index contributed by atoms with van der Waals surface area (Å²) in [6.45, 7) is 2.01. The van der Waals surface area contributed by atoms with Crippen molar-refractivity contribution in [3.8, 4) is 0 Å². The minimum Gasteiger partial charge on any atom is -0.351 e. The fourth-order valence-electron chi connectivity index (χ4n) is 1.47. The summed E-state index contributed by atoms with van der Waals surface area (Å²) < 4.78 is 18.1. The molecule has 18 heavy (non-hydrogen) atoms. The van der Waals surface area contributed by atoms with Gasteiger partial charge in [-0.05, 0) is 12.1 Å². The van der Waals surface area contributed by atoms with Gasteiger partial charge in [0.2, 0.25) is 5.89 Å². The Labute approximate surface area is 103 Å². The van der Waals surface area contributed by atoms with Crippen LogP contribution >= 0.6 is 0 Å². The molecule has 0 radical (unpaired) electrons. The predicted octanol–water partition coefficient (Wildman–Crippen LogP) is 1.49. The lowest BCUT2D eigenvalue weighted by Crippen LogP contribution is -2.26. The van der Waals surface area contributed by atoms with Crippen LogP contribution in [0, 0.1) is 12.7 Å². The first kappa shape index (κ1) is 12.2. The molecule has 0 saturated heterocycles.